The van der Waals surface area contributed by atoms with E-state index in [2.05, 4.69) is 17.1 Å². The first-order valence-electron chi connectivity index (χ1n) is 7.62. The summed E-state index contributed by atoms with van der Waals surface area (Å²) < 4.78 is 5.17. The molecule has 1 saturated heterocycles. The number of methoxy groups -OCH3 is 1. The monoisotopic (exact) mass is 312 g/mol. The number of hydrogen-bond acceptors (Lipinski definition) is 4. The minimum Gasteiger partial charge on any atom is -0.504 e. The van der Waals surface area contributed by atoms with Crippen LogP contribution in [-0.4, -0.2) is 43.3 Å². The minimum atomic E-state index is 0.200. The van der Waals surface area contributed by atoms with Crippen molar-refractivity contribution >= 4 is 11.6 Å². The Labute approximate surface area is 132 Å². The fourth-order valence-electron chi connectivity index (χ4n) is 2.88. The lowest BCUT2D eigenvalue weighted by Crippen LogP contribution is -2.35. The van der Waals surface area contributed by atoms with E-state index in [0.29, 0.717) is 17.3 Å². The normalized spacial score (nSPS) is 16.4. The number of ether oxygens (including phenoxy) is 1. The molecule has 1 aromatic carbocycles. The maximum atomic E-state index is 10.2. The Morgan fingerprint density at radius 3 is 2.71 bits per heavy atom. The van der Waals surface area contributed by atoms with Crippen molar-refractivity contribution in [2.45, 2.75) is 26.3 Å². The zero-order valence-electron chi connectivity index (χ0n) is 12.9. The zero-order valence-corrected chi connectivity index (χ0v) is 13.6. The lowest BCUT2D eigenvalue weighted by atomic mass is 9.97. The molecule has 0 unspecified atom stereocenters. The summed E-state index contributed by atoms with van der Waals surface area (Å²) in [4.78, 5) is 2.36. The third-order valence-corrected chi connectivity index (χ3v) is 4.37. The van der Waals surface area contributed by atoms with Gasteiger partial charge in [-0.3, -0.25) is 4.90 Å². The fourth-order valence-corrected chi connectivity index (χ4v) is 3.11. The molecule has 118 valence electrons. The van der Waals surface area contributed by atoms with E-state index in [1.54, 1.807) is 13.2 Å². The van der Waals surface area contributed by atoms with Gasteiger partial charge in [0.15, 0.2) is 11.5 Å². The highest BCUT2D eigenvalue weighted by Gasteiger charge is 2.18. The largest absolute Gasteiger partial charge is 0.504 e. The van der Waals surface area contributed by atoms with Crippen molar-refractivity contribution in [3.63, 3.8) is 0 Å². The van der Waals surface area contributed by atoms with E-state index >= 15 is 0 Å². The van der Waals surface area contributed by atoms with Gasteiger partial charge in [0, 0.05) is 29.7 Å². The highest BCUT2D eigenvalue weighted by Crippen LogP contribution is 2.34. The highest BCUT2D eigenvalue weighted by atomic mass is 35.5. The summed E-state index contributed by atoms with van der Waals surface area (Å²) in [5.41, 5.74) is 0.829. The maximum Gasteiger partial charge on any atom is 0.162 e. The minimum absolute atomic E-state index is 0.200. The van der Waals surface area contributed by atoms with E-state index in [0.717, 1.165) is 37.7 Å². The first kappa shape index (κ1) is 16.4. The van der Waals surface area contributed by atoms with E-state index in [1.807, 2.05) is 6.07 Å². The standard InChI is InChI=1S/C16H25ClN2O2/c1-3-19(10-12-4-6-18-7-5-12)11-13-8-14(17)9-15(21-2)16(13)20/h8-9,12,18,20H,3-7,10-11H2,1-2H3. The Hall–Kier alpha value is -0.970. The Morgan fingerprint density at radius 2 is 2.10 bits per heavy atom. The summed E-state index contributed by atoms with van der Waals surface area (Å²) in [5.74, 6) is 1.37. The van der Waals surface area contributed by atoms with Crippen LogP contribution in [0, 0.1) is 5.92 Å². The summed E-state index contributed by atoms with van der Waals surface area (Å²) in [6.07, 6.45) is 2.45. The van der Waals surface area contributed by atoms with Gasteiger partial charge in [-0.25, -0.2) is 0 Å². The zero-order chi connectivity index (χ0) is 15.2. The summed E-state index contributed by atoms with van der Waals surface area (Å²) in [6, 6.07) is 3.47. The number of benzene rings is 1. The molecule has 1 aliphatic heterocycles. The number of rotatable bonds is 6. The molecule has 0 saturated carbocycles. The number of piperidine rings is 1. The number of hydrogen-bond donors (Lipinski definition) is 2. The molecule has 4 nitrogen and oxygen atoms in total. The summed E-state index contributed by atoms with van der Waals surface area (Å²) >= 11 is 6.10. The van der Waals surface area contributed by atoms with Gasteiger partial charge in [0.1, 0.15) is 0 Å². The second-order valence-corrected chi connectivity index (χ2v) is 6.07. The molecule has 1 heterocycles. The molecule has 5 heteroatoms. The van der Waals surface area contributed by atoms with Crippen LogP contribution in [0.25, 0.3) is 0 Å². The van der Waals surface area contributed by atoms with Gasteiger partial charge in [-0.1, -0.05) is 18.5 Å². The number of nitrogens with zero attached hydrogens (tertiary/aromatic N) is 1. The molecular formula is C16H25ClN2O2. The first-order chi connectivity index (χ1) is 10.1. The van der Waals surface area contributed by atoms with Gasteiger partial charge in [0.2, 0.25) is 0 Å². The molecule has 1 aliphatic rings. The van der Waals surface area contributed by atoms with Crippen molar-refractivity contribution in [1.82, 2.24) is 10.2 Å². The molecule has 1 fully saturated rings. The predicted octanol–water partition coefficient (Wildman–Crippen LogP) is 2.88. The van der Waals surface area contributed by atoms with Crippen molar-refractivity contribution in [3.8, 4) is 11.5 Å². The van der Waals surface area contributed by atoms with Crippen LogP contribution in [0.2, 0.25) is 5.02 Å². The van der Waals surface area contributed by atoms with E-state index in [4.69, 9.17) is 16.3 Å². The van der Waals surface area contributed by atoms with E-state index in [-0.39, 0.29) is 5.75 Å². The number of phenols is 1. The van der Waals surface area contributed by atoms with Crippen molar-refractivity contribution in [2.24, 2.45) is 5.92 Å². The second-order valence-electron chi connectivity index (χ2n) is 5.64. The Balaban J connectivity index is 2.05. The van der Waals surface area contributed by atoms with Gasteiger partial charge in [-0.05, 0) is 44.5 Å². The van der Waals surface area contributed by atoms with Crippen LogP contribution in [0.5, 0.6) is 11.5 Å². The average Bonchev–Trinajstić information content (AvgIpc) is 2.50. The van der Waals surface area contributed by atoms with Crippen LogP contribution in [0.15, 0.2) is 12.1 Å². The maximum absolute atomic E-state index is 10.2. The third-order valence-electron chi connectivity index (χ3n) is 4.15. The summed E-state index contributed by atoms with van der Waals surface area (Å²) in [5, 5.41) is 14.2. The smallest absolute Gasteiger partial charge is 0.162 e. The molecule has 0 spiro atoms. The molecule has 0 radical (unpaired) electrons. The molecule has 0 aromatic heterocycles. The third kappa shape index (κ3) is 4.50. The Bertz CT molecular complexity index is 462. The Kier molecular flexibility index (Phi) is 6.15. The van der Waals surface area contributed by atoms with Gasteiger partial charge in [-0.15, -0.1) is 0 Å². The van der Waals surface area contributed by atoms with Crippen LogP contribution in [0.4, 0.5) is 0 Å². The second kappa shape index (κ2) is 7.87. The molecule has 1 aromatic rings. The predicted molar refractivity (Wildman–Crippen MR) is 86.2 cm³/mol. The molecule has 2 rings (SSSR count). The van der Waals surface area contributed by atoms with Crippen LogP contribution < -0.4 is 10.1 Å². The van der Waals surface area contributed by atoms with Crippen molar-refractivity contribution in [3.05, 3.63) is 22.7 Å². The molecule has 21 heavy (non-hydrogen) atoms. The molecule has 0 bridgehead atoms. The SMILES string of the molecule is CCN(Cc1cc(Cl)cc(OC)c1O)CC1CCNCC1. The number of nitrogens with one attached hydrogen (secondary N) is 1. The topological polar surface area (TPSA) is 44.7 Å². The van der Waals surface area contributed by atoms with Crippen molar-refractivity contribution < 1.29 is 9.84 Å². The number of phenolic OH excluding ortho intramolecular Hbond substituents is 1. The quantitative estimate of drug-likeness (QED) is 0.848. The van der Waals surface area contributed by atoms with Gasteiger partial charge in [0.25, 0.3) is 0 Å². The Morgan fingerprint density at radius 1 is 1.38 bits per heavy atom. The summed E-state index contributed by atoms with van der Waals surface area (Å²) in [6.45, 7) is 7.09. The number of halogens is 1. The molecule has 0 aliphatic carbocycles. The molecular weight excluding hydrogens is 288 g/mol. The van der Waals surface area contributed by atoms with Gasteiger partial charge < -0.3 is 15.2 Å². The van der Waals surface area contributed by atoms with Gasteiger partial charge >= 0.3 is 0 Å². The van der Waals surface area contributed by atoms with E-state index < -0.39 is 0 Å². The number of aromatic hydroxyl groups is 1. The van der Waals surface area contributed by atoms with E-state index in [9.17, 15) is 5.11 Å². The first-order valence-corrected chi connectivity index (χ1v) is 8.00. The fraction of sp³-hybridized carbons (Fsp3) is 0.625. The average molecular weight is 313 g/mol. The lowest BCUT2D eigenvalue weighted by Gasteiger charge is -2.29. The molecule has 2 N–H and O–H groups in total. The van der Waals surface area contributed by atoms with E-state index in [1.165, 1.54) is 12.8 Å². The van der Waals surface area contributed by atoms with Crippen LogP contribution in [0.1, 0.15) is 25.3 Å². The van der Waals surface area contributed by atoms with Crippen molar-refractivity contribution in [1.29, 1.82) is 0 Å². The van der Waals surface area contributed by atoms with Crippen LogP contribution in [-0.2, 0) is 6.54 Å². The summed E-state index contributed by atoms with van der Waals surface area (Å²) in [7, 11) is 1.54. The van der Waals surface area contributed by atoms with Crippen LogP contribution >= 0.6 is 11.6 Å². The van der Waals surface area contributed by atoms with Gasteiger partial charge in [-0.2, -0.15) is 0 Å². The van der Waals surface area contributed by atoms with Gasteiger partial charge in [0.05, 0.1) is 7.11 Å². The van der Waals surface area contributed by atoms with Crippen molar-refractivity contribution in [2.75, 3.05) is 33.3 Å². The molecule has 0 atom stereocenters. The highest BCUT2D eigenvalue weighted by molar-refractivity contribution is 6.30. The molecule has 0 amide bonds. The van der Waals surface area contributed by atoms with Crippen LogP contribution in [0.3, 0.4) is 0 Å². The lowest BCUT2D eigenvalue weighted by molar-refractivity contribution is 0.205.